The number of carbonyl (C=O) groups is 1. The number of anilines is 1. The quantitative estimate of drug-likeness (QED) is 0.676. The average molecular weight is 445 g/mol. The van der Waals surface area contributed by atoms with Crippen LogP contribution >= 0.6 is 0 Å². The highest BCUT2D eigenvalue weighted by molar-refractivity contribution is 7.89. The molecule has 2 aromatic rings. The van der Waals surface area contributed by atoms with Gasteiger partial charge in [-0.1, -0.05) is 18.2 Å². The SMILES string of the molecule is CCN(CCNC(=O)c1cccc(S(=O)(=O)N2CCN(C)CC2)c1)c1cccc(C)c1. The number of amides is 1. The lowest BCUT2D eigenvalue weighted by molar-refractivity contribution is 0.0954. The molecular formula is C23H32N4O3S. The van der Waals surface area contributed by atoms with Gasteiger partial charge >= 0.3 is 0 Å². The summed E-state index contributed by atoms with van der Waals surface area (Å²) in [7, 11) is -1.62. The molecule has 1 heterocycles. The Morgan fingerprint density at radius 1 is 1.06 bits per heavy atom. The van der Waals surface area contributed by atoms with Crippen molar-refractivity contribution in [1.82, 2.24) is 14.5 Å². The summed E-state index contributed by atoms with van der Waals surface area (Å²) in [5.74, 6) is -0.268. The van der Waals surface area contributed by atoms with Crippen LogP contribution in [-0.2, 0) is 10.0 Å². The Bertz CT molecular complexity index is 1000. The zero-order chi connectivity index (χ0) is 22.4. The number of rotatable bonds is 8. The summed E-state index contributed by atoms with van der Waals surface area (Å²) in [6.07, 6.45) is 0. The maximum absolute atomic E-state index is 13.0. The zero-order valence-corrected chi connectivity index (χ0v) is 19.4. The predicted octanol–water partition coefficient (Wildman–Crippen LogP) is 2.19. The topological polar surface area (TPSA) is 73.0 Å². The van der Waals surface area contributed by atoms with Crippen LogP contribution in [0.3, 0.4) is 0 Å². The first kappa shape index (κ1) is 23.2. The van der Waals surface area contributed by atoms with Crippen LogP contribution in [-0.4, -0.2) is 76.4 Å². The third-order valence-corrected chi connectivity index (χ3v) is 7.51. The molecule has 1 N–H and O–H groups in total. The van der Waals surface area contributed by atoms with E-state index in [0.717, 1.165) is 12.2 Å². The van der Waals surface area contributed by atoms with Crippen molar-refractivity contribution < 1.29 is 13.2 Å². The summed E-state index contributed by atoms with van der Waals surface area (Å²) in [5.41, 5.74) is 2.67. The summed E-state index contributed by atoms with van der Waals surface area (Å²) in [4.78, 5) is 17.1. The van der Waals surface area contributed by atoms with E-state index in [1.807, 2.05) is 13.1 Å². The molecule has 0 aliphatic carbocycles. The van der Waals surface area contributed by atoms with E-state index < -0.39 is 10.0 Å². The maximum Gasteiger partial charge on any atom is 0.251 e. The highest BCUT2D eigenvalue weighted by Crippen LogP contribution is 2.19. The summed E-state index contributed by atoms with van der Waals surface area (Å²) >= 11 is 0. The van der Waals surface area contributed by atoms with Crippen LogP contribution in [0, 0.1) is 6.92 Å². The van der Waals surface area contributed by atoms with Gasteiger partial charge in [0.05, 0.1) is 4.90 Å². The number of nitrogens with one attached hydrogen (secondary N) is 1. The number of aryl methyl sites for hydroxylation is 1. The molecule has 0 atom stereocenters. The van der Waals surface area contributed by atoms with Gasteiger partial charge in [-0.25, -0.2) is 8.42 Å². The summed E-state index contributed by atoms with van der Waals surface area (Å²) in [6.45, 7) is 8.43. The number of hydrogen-bond acceptors (Lipinski definition) is 5. The lowest BCUT2D eigenvalue weighted by Crippen LogP contribution is -2.47. The van der Waals surface area contributed by atoms with Crippen LogP contribution in [0.4, 0.5) is 5.69 Å². The Kier molecular flexibility index (Phi) is 7.69. The second kappa shape index (κ2) is 10.3. The van der Waals surface area contributed by atoms with Gasteiger partial charge in [0, 0.05) is 57.1 Å². The largest absolute Gasteiger partial charge is 0.370 e. The van der Waals surface area contributed by atoms with Crippen molar-refractivity contribution in [3.63, 3.8) is 0 Å². The minimum Gasteiger partial charge on any atom is -0.370 e. The Labute approximate surface area is 185 Å². The number of likely N-dealkylation sites (N-methyl/N-ethyl adjacent to an activating group) is 2. The Morgan fingerprint density at radius 2 is 1.77 bits per heavy atom. The standard InChI is InChI=1S/C23H32N4O3S/c1-4-26(21-9-5-7-19(2)17-21)12-11-24-23(28)20-8-6-10-22(18-20)31(29,30)27-15-13-25(3)14-16-27/h5-10,17-18H,4,11-16H2,1-3H3,(H,24,28). The van der Waals surface area contributed by atoms with Crippen molar-refractivity contribution in [2.45, 2.75) is 18.7 Å². The van der Waals surface area contributed by atoms with Gasteiger partial charge in [-0.05, 0) is 56.8 Å². The number of carbonyl (C=O) groups excluding carboxylic acids is 1. The highest BCUT2D eigenvalue weighted by atomic mass is 32.2. The first-order valence-corrected chi connectivity index (χ1v) is 12.1. The second-order valence-electron chi connectivity index (χ2n) is 7.91. The monoisotopic (exact) mass is 444 g/mol. The Balaban J connectivity index is 1.62. The summed E-state index contributed by atoms with van der Waals surface area (Å²) in [5, 5.41) is 2.92. The van der Waals surface area contributed by atoms with E-state index >= 15 is 0 Å². The molecule has 31 heavy (non-hydrogen) atoms. The predicted molar refractivity (Wildman–Crippen MR) is 124 cm³/mol. The van der Waals surface area contributed by atoms with Gasteiger partial charge < -0.3 is 15.1 Å². The normalized spacial score (nSPS) is 15.6. The van der Waals surface area contributed by atoms with Gasteiger partial charge in [0.2, 0.25) is 10.0 Å². The molecule has 0 radical (unpaired) electrons. The molecule has 2 aromatic carbocycles. The molecule has 0 aromatic heterocycles. The molecule has 1 aliphatic heterocycles. The third-order valence-electron chi connectivity index (χ3n) is 5.61. The highest BCUT2D eigenvalue weighted by Gasteiger charge is 2.27. The second-order valence-corrected chi connectivity index (χ2v) is 9.85. The Morgan fingerprint density at radius 3 is 2.45 bits per heavy atom. The summed E-state index contributed by atoms with van der Waals surface area (Å²) < 4.78 is 27.4. The minimum atomic E-state index is -3.60. The maximum atomic E-state index is 13.0. The van der Waals surface area contributed by atoms with Gasteiger partial charge in [0.25, 0.3) is 5.91 Å². The third kappa shape index (κ3) is 5.84. The molecular weight excluding hydrogens is 412 g/mol. The molecule has 7 nitrogen and oxygen atoms in total. The van der Waals surface area contributed by atoms with Crippen LogP contribution < -0.4 is 10.2 Å². The van der Waals surface area contributed by atoms with Crippen molar-refractivity contribution in [3.05, 3.63) is 59.7 Å². The van der Waals surface area contributed by atoms with Gasteiger partial charge in [-0.3, -0.25) is 4.79 Å². The van der Waals surface area contributed by atoms with E-state index in [2.05, 4.69) is 47.2 Å². The van der Waals surface area contributed by atoms with E-state index in [9.17, 15) is 13.2 Å². The van der Waals surface area contributed by atoms with Crippen LogP contribution in [0.15, 0.2) is 53.4 Å². The van der Waals surface area contributed by atoms with Crippen molar-refractivity contribution in [2.75, 3.05) is 57.8 Å². The minimum absolute atomic E-state index is 0.166. The molecule has 0 bridgehead atoms. The van der Waals surface area contributed by atoms with E-state index in [4.69, 9.17) is 0 Å². The van der Waals surface area contributed by atoms with Gasteiger partial charge in [-0.15, -0.1) is 0 Å². The molecule has 8 heteroatoms. The van der Waals surface area contributed by atoms with Crippen LogP contribution in [0.25, 0.3) is 0 Å². The molecule has 0 saturated carbocycles. The zero-order valence-electron chi connectivity index (χ0n) is 18.5. The molecule has 168 valence electrons. The first-order chi connectivity index (χ1) is 14.8. The molecule has 3 rings (SSSR count). The fourth-order valence-corrected chi connectivity index (χ4v) is 5.14. The van der Waals surface area contributed by atoms with Crippen molar-refractivity contribution in [3.8, 4) is 0 Å². The van der Waals surface area contributed by atoms with Crippen LogP contribution in [0.5, 0.6) is 0 Å². The van der Waals surface area contributed by atoms with Crippen LogP contribution in [0.2, 0.25) is 0 Å². The molecule has 1 amide bonds. The average Bonchev–Trinajstić information content (AvgIpc) is 2.77. The number of sulfonamides is 1. The number of hydrogen-bond donors (Lipinski definition) is 1. The van der Waals surface area contributed by atoms with E-state index in [-0.39, 0.29) is 10.8 Å². The Hall–Kier alpha value is -2.42. The summed E-state index contributed by atoms with van der Waals surface area (Å²) in [6, 6.07) is 14.6. The van der Waals surface area contributed by atoms with Gasteiger partial charge in [-0.2, -0.15) is 4.31 Å². The van der Waals surface area contributed by atoms with E-state index in [1.54, 1.807) is 18.2 Å². The van der Waals surface area contributed by atoms with Gasteiger partial charge in [0.1, 0.15) is 0 Å². The molecule has 1 saturated heterocycles. The van der Waals surface area contributed by atoms with E-state index in [0.29, 0.717) is 44.8 Å². The first-order valence-electron chi connectivity index (χ1n) is 10.7. The number of benzene rings is 2. The van der Waals surface area contributed by atoms with Crippen LogP contribution in [0.1, 0.15) is 22.8 Å². The van der Waals surface area contributed by atoms with Crippen molar-refractivity contribution >= 4 is 21.6 Å². The number of piperazine rings is 1. The fourth-order valence-electron chi connectivity index (χ4n) is 3.68. The van der Waals surface area contributed by atoms with Crippen molar-refractivity contribution in [1.29, 1.82) is 0 Å². The molecule has 1 aliphatic rings. The lowest BCUT2D eigenvalue weighted by atomic mass is 10.2. The molecule has 0 unspecified atom stereocenters. The fraction of sp³-hybridized carbons (Fsp3) is 0.435. The van der Waals surface area contributed by atoms with Gasteiger partial charge in [0.15, 0.2) is 0 Å². The lowest BCUT2D eigenvalue weighted by Gasteiger charge is -2.31. The smallest absolute Gasteiger partial charge is 0.251 e. The molecule has 0 spiro atoms. The van der Waals surface area contributed by atoms with Crippen molar-refractivity contribution in [2.24, 2.45) is 0 Å². The van der Waals surface area contributed by atoms with E-state index in [1.165, 1.54) is 15.9 Å². The molecule has 1 fully saturated rings. The number of nitrogens with zero attached hydrogens (tertiary/aromatic N) is 3.